The Hall–Kier alpha value is -2.64. The Labute approximate surface area is 137 Å². The Bertz CT molecular complexity index is 757. The minimum atomic E-state index is 0.605. The third-order valence-corrected chi connectivity index (χ3v) is 3.84. The van der Waals surface area contributed by atoms with E-state index in [1.807, 2.05) is 12.1 Å². The second-order valence-corrected chi connectivity index (χ2v) is 5.46. The minimum absolute atomic E-state index is 0.605. The van der Waals surface area contributed by atoms with Gasteiger partial charge in [0, 0.05) is 0 Å². The monoisotopic (exact) mass is 300 g/mol. The van der Waals surface area contributed by atoms with Crippen LogP contribution in [0.15, 0.2) is 85.4 Å². The van der Waals surface area contributed by atoms with Crippen molar-refractivity contribution in [1.29, 1.82) is 0 Å². The van der Waals surface area contributed by atoms with Crippen molar-refractivity contribution < 1.29 is 4.74 Å². The van der Waals surface area contributed by atoms with E-state index >= 15 is 0 Å². The van der Waals surface area contributed by atoms with E-state index in [0.29, 0.717) is 13.2 Å². The SMILES string of the molecule is C=Cc1ccc(COCc2ccccc2-c2ccccc2)cc1. The van der Waals surface area contributed by atoms with Crippen molar-refractivity contribution in [2.24, 2.45) is 0 Å². The van der Waals surface area contributed by atoms with Crippen LogP contribution in [0, 0.1) is 0 Å². The maximum Gasteiger partial charge on any atom is 0.0727 e. The second kappa shape index (κ2) is 7.57. The summed E-state index contributed by atoms with van der Waals surface area (Å²) in [6, 6.07) is 27.1. The Kier molecular flexibility index (Phi) is 5.02. The van der Waals surface area contributed by atoms with Gasteiger partial charge >= 0.3 is 0 Å². The molecule has 0 radical (unpaired) electrons. The van der Waals surface area contributed by atoms with Crippen molar-refractivity contribution in [1.82, 2.24) is 0 Å². The third-order valence-electron chi connectivity index (χ3n) is 3.84. The first-order valence-electron chi connectivity index (χ1n) is 7.79. The predicted molar refractivity (Wildman–Crippen MR) is 96.9 cm³/mol. The molecule has 0 saturated carbocycles. The molecule has 114 valence electrons. The highest BCUT2D eigenvalue weighted by Gasteiger charge is 2.04. The van der Waals surface area contributed by atoms with E-state index in [1.54, 1.807) is 0 Å². The van der Waals surface area contributed by atoms with Crippen molar-refractivity contribution in [2.45, 2.75) is 13.2 Å². The third kappa shape index (κ3) is 3.97. The fraction of sp³-hybridized carbons (Fsp3) is 0.0909. The van der Waals surface area contributed by atoms with Crippen LogP contribution in [0.1, 0.15) is 16.7 Å². The zero-order chi connectivity index (χ0) is 15.9. The summed E-state index contributed by atoms with van der Waals surface area (Å²) in [5.74, 6) is 0. The highest BCUT2D eigenvalue weighted by atomic mass is 16.5. The molecular weight excluding hydrogens is 280 g/mol. The average Bonchev–Trinajstić information content (AvgIpc) is 2.63. The molecule has 0 atom stereocenters. The van der Waals surface area contributed by atoms with E-state index in [9.17, 15) is 0 Å². The van der Waals surface area contributed by atoms with Gasteiger partial charge < -0.3 is 4.74 Å². The van der Waals surface area contributed by atoms with Gasteiger partial charge in [0.05, 0.1) is 13.2 Å². The lowest BCUT2D eigenvalue weighted by Gasteiger charge is -2.10. The summed E-state index contributed by atoms with van der Waals surface area (Å²) in [7, 11) is 0. The highest BCUT2D eigenvalue weighted by Crippen LogP contribution is 2.24. The second-order valence-electron chi connectivity index (χ2n) is 5.46. The van der Waals surface area contributed by atoms with Gasteiger partial charge in [-0.05, 0) is 27.8 Å². The Morgan fingerprint density at radius 2 is 1.43 bits per heavy atom. The zero-order valence-electron chi connectivity index (χ0n) is 13.1. The Morgan fingerprint density at radius 3 is 2.17 bits per heavy atom. The van der Waals surface area contributed by atoms with E-state index in [1.165, 1.54) is 22.3 Å². The maximum absolute atomic E-state index is 5.92. The summed E-state index contributed by atoms with van der Waals surface area (Å²) in [6.07, 6.45) is 1.85. The van der Waals surface area contributed by atoms with E-state index in [2.05, 4.69) is 79.4 Å². The first-order chi connectivity index (χ1) is 11.4. The van der Waals surface area contributed by atoms with Crippen LogP contribution in [0.4, 0.5) is 0 Å². The molecule has 0 fully saturated rings. The van der Waals surface area contributed by atoms with Crippen LogP contribution < -0.4 is 0 Å². The quantitative estimate of drug-likeness (QED) is 0.566. The number of benzene rings is 3. The summed E-state index contributed by atoms with van der Waals surface area (Å²) >= 11 is 0. The molecule has 0 aliphatic rings. The Morgan fingerprint density at radius 1 is 0.739 bits per heavy atom. The topological polar surface area (TPSA) is 9.23 Å². The maximum atomic E-state index is 5.92. The number of ether oxygens (including phenoxy) is 1. The molecule has 1 nitrogen and oxygen atoms in total. The van der Waals surface area contributed by atoms with Gasteiger partial charge in [-0.25, -0.2) is 0 Å². The van der Waals surface area contributed by atoms with Crippen LogP contribution in [0.25, 0.3) is 17.2 Å². The fourth-order valence-corrected chi connectivity index (χ4v) is 2.57. The van der Waals surface area contributed by atoms with Crippen molar-refractivity contribution in [3.8, 4) is 11.1 Å². The van der Waals surface area contributed by atoms with Gasteiger partial charge in [0.1, 0.15) is 0 Å². The van der Waals surface area contributed by atoms with Crippen LogP contribution in [0.3, 0.4) is 0 Å². The Balaban J connectivity index is 1.67. The van der Waals surface area contributed by atoms with Gasteiger partial charge in [0.2, 0.25) is 0 Å². The molecule has 0 unspecified atom stereocenters. The lowest BCUT2D eigenvalue weighted by molar-refractivity contribution is 0.107. The zero-order valence-corrected chi connectivity index (χ0v) is 13.1. The van der Waals surface area contributed by atoms with E-state index < -0.39 is 0 Å². The van der Waals surface area contributed by atoms with Gasteiger partial charge in [-0.3, -0.25) is 0 Å². The number of hydrogen-bond donors (Lipinski definition) is 0. The molecule has 3 rings (SSSR count). The molecule has 0 heterocycles. The summed E-state index contributed by atoms with van der Waals surface area (Å²) < 4.78 is 5.92. The first-order valence-corrected chi connectivity index (χ1v) is 7.79. The molecule has 0 bridgehead atoms. The molecule has 1 heteroatoms. The summed E-state index contributed by atoms with van der Waals surface area (Å²) in [5.41, 5.74) is 5.97. The van der Waals surface area contributed by atoms with Gasteiger partial charge in [0.15, 0.2) is 0 Å². The molecule has 23 heavy (non-hydrogen) atoms. The van der Waals surface area contributed by atoms with Gasteiger partial charge in [-0.1, -0.05) is 91.5 Å². The molecule has 0 saturated heterocycles. The predicted octanol–water partition coefficient (Wildman–Crippen LogP) is 5.71. The molecule has 0 aliphatic heterocycles. The largest absolute Gasteiger partial charge is 0.372 e. The van der Waals surface area contributed by atoms with Crippen LogP contribution in [-0.4, -0.2) is 0 Å². The molecule has 3 aromatic carbocycles. The number of hydrogen-bond acceptors (Lipinski definition) is 1. The van der Waals surface area contributed by atoms with Crippen molar-refractivity contribution in [3.05, 3.63) is 102 Å². The molecule has 0 spiro atoms. The fourth-order valence-electron chi connectivity index (χ4n) is 2.57. The van der Waals surface area contributed by atoms with Crippen molar-refractivity contribution in [2.75, 3.05) is 0 Å². The molecule has 0 amide bonds. The normalized spacial score (nSPS) is 10.4. The van der Waals surface area contributed by atoms with E-state index in [0.717, 1.165) is 5.56 Å². The lowest BCUT2D eigenvalue weighted by Crippen LogP contribution is -1.96. The van der Waals surface area contributed by atoms with E-state index in [4.69, 9.17) is 4.74 Å². The molecular formula is C22H20O. The first kappa shape index (κ1) is 15.3. The summed E-state index contributed by atoms with van der Waals surface area (Å²) in [5, 5.41) is 0. The number of rotatable bonds is 6. The van der Waals surface area contributed by atoms with Crippen LogP contribution in [-0.2, 0) is 18.0 Å². The van der Waals surface area contributed by atoms with Gasteiger partial charge in [-0.2, -0.15) is 0 Å². The van der Waals surface area contributed by atoms with Crippen molar-refractivity contribution in [3.63, 3.8) is 0 Å². The van der Waals surface area contributed by atoms with Gasteiger partial charge in [-0.15, -0.1) is 0 Å². The van der Waals surface area contributed by atoms with E-state index in [-0.39, 0.29) is 0 Å². The highest BCUT2D eigenvalue weighted by molar-refractivity contribution is 5.67. The molecule has 0 N–H and O–H groups in total. The van der Waals surface area contributed by atoms with Crippen LogP contribution >= 0.6 is 0 Å². The van der Waals surface area contributed by atoms with Gasteiger partial charge in [0.25, 0.3) is 0 Å². The lowest BCUT2D eigenvalue weighted by atomic mass is 10.0. The van der Waals surface area contributed by atoms with Crippen molar-refractivity contribution >= 4 is 6.08 Å². The van der Waals surface area contributed by atoms with Crippen LogP contribution in [0.5, 0.6) is 0 Å². The average molecular weight is 300 g/mol. The molecule has 0 aromatic heterocycles. The molecule has 0 aliphatic carbocycles. The summed E-state index contributed by atoms with van der Waals surface area (Å²) in [4.78, 5) is 0. The van der Waals surface area contributed by atoms with Crippen LogP contribution in [0.2, 0.25) is 0 Å². The smallest absolute Gasteiger partial charge is 0.0727 e. The summed E-state index contributed by atoms with van der Waals surface area (Å²) in [6.45, 7) is 4.99. The minimum Gasteiger partial charge on any atom is -0.372 e. The standard InChI is InChI=1S/C22H20O/c1-2-18-12-14-19(15-13-18)16-23-17-21-10-6-7-11-22(21)20-8-4-3-5-9-20/h2-15H,1,16-17H2. The molecule has 3 aromatic rings.